The minimum absolute atomic E-state index is 0.00732. The lowest BCUT2D eigenvalue weighted by molar-refractivity contribution is -0.182. The number of hydrogen-bond acceptors (Lipinski definition) is 5. The van der Waals surface area contributed by atoms with Gasteiger partial charge >= 0.3 is 0 Å². The van der Waals surface area contributed by atoms with Gasteiger partial charge in [0.25, 0.3) is 5.92 Å². The second-order valence-electron chi connectivity index (χ2n) is 9.32. The molecule has 11 heteroatoms. The summed E-state index contributed by atoms with van der Waals surface area (Å²) in [5.74, 6) is -3.40. The van der Waals surface area contributed by atoms with Gasteiger partial charge in [0.15, 0.2) is 5.82 Å². The molecule has 0 saturated carbocycles. The van der Waals surface area contributed by atoms with Crippen LogP contribution in [0, 0.1) is 12.7 Å². The van der Waals surface area contributed by atoms with Crippen LogP contribution in [-0.4, -0.2) is 43.9 Å². The number of likely N-dealkylation sites (tertiary alicyclic amines) is 1. The summed E-state index contributed by atoms with van der Waals surface area (Å²) in [5, 5.41) is 4.60. The molecule has 1 saturated heterocycles. The average molecular weight is 534 g/mol. The molecule has 0 aliphatic carbocycles. The highest BCUT2D eigenvalue weighted by molar-refractivity contribution is 7.16. The Morgan fingerprint density at radius 3 is 2.78 bits per heavy atom. The van der Waals surface area contributed by atoms with Crippen LogP contribution < -0.4 is 0 Å². The van der Waals surface area contributed by atoms with Crippen molar-refractivity contribution in [3.8, 4) is 11.4 Å². The fourth-order valence-electron chi connectivity index (χ4n) is 5.13. The lowest BCUT2D eigenvalue weighted by Crippen LogP contribution is -2.48. The van der Waals surface area contributed by atoms with Crippen LogP contribution in [0.15, 0.2) is 49.2 Å². The number of imidazole rings is 1. The van der Waals surface area contributed by atoms with E-state index in [2.05, 4.69) is 15.0 Å². The third-order valence-corrected chi connectivity index (χ3v) is 8.52. The SMILES string of the molecule is Cc1nn(-c2c(F)cccc2-n2ccnc2)cc1CN1CCC2(CC1)OCC(F)(F)c1cc(Cl)sc12. The summed E-state index contributed by atoms with van der Waals surface area (Å²) < 4.78 is 53.3. The molecule has 5 heterocycles. The van der Waals surface area contributed by atoms with E-state index in [9.17, 15) is 13.2 Å². The maximum absolute atomic E-state index is 14.9. The van der Waals surface area contributed by atoms with Gasteiger partial charge in [-0.3, -0.25) is 4.90 Å². The third-order valence-electron chi connectivity index (χ3n) is 7.08. The number of benzene rings is 1. The minimum atomic E-state index is -3.02. The van der Waals surface area contributed by atoms with Gasteiger partial charge in [0, 0.05) is 54.2 Å². The number of hydrogen-bond donors (Lipinski definition) is 0. The molecule has 0 atom stereocenters. The van der Waals surface area contributed by atoms with Crippen molar-refractivity contribution in [2.75, 3.05) is 19.7 Å². The lowest BCUT2D eigenvalue weighted by Gasteiger charge is -2.45. The number of thiophene rings is 1. The lowest BCUT2D eigenvalue weighted by atomic mass is 9.84. The van der Waals surface area contributed by atoms with E-state index in [-0.39, 0.29) is 11.4 Å². The van der Waals surface area contributed by atoms with Gasteiger partial charge in [0.1, 0.15) is 17.9 Å². The van der Waals surface area contributed by atoms with E-state index >= 15 is 0 Å². The zero-order chi connectivity index (χ0) is 25.1. The Hall–Kier alpha value is -2.66. The number of alkyl halides is 2. The van der Waals surface area contributed by atoms with Crippen molar-refractivity contribution in [2.24, 2.45) is 0 Å². The number of nitrogens with zero attached hydrogens (tertiary/aromatic N) is 5. The summed E-state index contributed by atoms with van der Waals surface area (Å²) in [6, 6.07) is 6.27. The number of para-hydroxylation sites is 1. The van der Waals surface area contributed by atoms with Crippen molar-refractivity contribution >= 4 is 22.9 Å². The van der Waals surface area contributed by atoms with Gasteiger partial charge in [-0.15, -0.1) is 11.3 Å². The fourth-order valence-corrected chi connectivity index (χ4v) is 6.61. The zero-order valence-corrected chi connectivity index (χ0v) is 21.0. The highest BCUT2D eigenvalue weighted by Crippen LogP contribution is 2.52. The summed E-state index contributed by atoms with van der Waals surface area (Å²) >= 11 is 7.31. The molecule has 0 N–H and O–H groups in total. The summed E-state index contributed by atoms with van der Waals surface area (Å²) in [7, 11) is 0. The first-order valence-corrected chi connectivity index (χ1v) is 12.8. The van der Waals surface area contributed by atoms with Crippen LogP contribution in [0.25, 0.3) is 11.4 Å². The normalized spacial score (nSPS) is 19.0. The van der Waals surface area contributed by atoms with Crippen molar-refractivity contribution in [1.82, 2.24) is 24.2 Å². The highest BCUT2D eigenvalue weighted by Gasteiger charge is 2.51. The minimum Gasteiger partial charge on any atom is -0.363 e. The maximum atomic E-state index is 14.9. The van der Waals surface area contributed by atoms with Crippen LogP contribution in [0.1, 0.15) is 34.5 Å². The Kier molecular flexibility index (Phi) is 5.75. The van der Waals surface area contributed by atoms with E-state index in [1.165, 1.54) is 23.5 Å². The molecule has 36 heavy (non-hydrogen) atoms. The molecule has 6 nitrogen and oxygen atoms in total. The maximum Gasteiger partial charge on any atom is 0.297 e. The number of piperidine rings is 1. The molecule has 6 rings (SSSR count). The van der Waals surface area contributed by atoms with Crippen LogP contribution >= 0.6 is 22.9 Å². The molecular formula is C25H23ClF3N5OS. The Balaban J connectivity index is 1.22. The second-order valence-corrected chi connectivity index (χ2v) is 11.0. The van der Waals surface area contributed by atoms with Gasteiger partial charge < -0.3 is 9.30 Å². The number of aryl methyl sites for hydroxylation is 1. The Morgan fingerprint density at radius 2 is 2.03 bits per heavy atom. The monoisotopic (exact) mass is 533 g/mol. The number of halogens is 4. The van der Waals surface area contributed by atoms with E-state index in [1.807, 2.05) is 19.2 Å². The van der Waals surface area contributed by atoms with Gasteiger partial charge in [0.05, 0.1) is 22.0 Å². The summed E-state index contributed by atoms with van der Waals surface area (Å²) in [6.07, 6.45) is 8.06. The molecule has 188 valence electrons. The molecule has 0 amide bonds. The molecule has 1 spiro atoms. The predicted molar refractivity (Wildman–Crippen MR) is 131 cm³/mol. The molecule has 0 bridgehead atoms. The molecule has 0 radical (unpaired) electrons. The number of fused-ring (bicyclic) bond motifs is 2. The van der Waals surface area contributed by atoms with E-state index in [0.717, 1.165) is 11.3 Å². The first kappa shape index (κ1) is 23.7. The summed E-state index contributed by atoms with van der Waals surface area (Å²) in [5.41, 5.74) is 2.04. The second kappa shape index (κ2) is 8.72. The van der Waals surface area contributed by atoms with Crippen molar-refractivity contribution < 1.29 is 17.9 Å². The first-order valence-electron chi connectivity index (χ1n) is 11.6. The molecular weight excluding hydrogens is 511 g/mol. The van der Waals surface area contributed by atoms with Crippen molar-refractivity contribution in [1.29, 1.82) is 0 Å². The standard InChI is InChI=1S/C25H23ClF3N5OS/c1-16-17(13-34(31-16)22-19(27)3-2-4-20(22)33-10-7-30-15-33)12-32-8-5-24(6-9-32)23-18(11-21(26)36-23)25(28,29)14-35-24/h2-4,7,10-11,13,15H,5-6,8-9,12,14H2,1H3. The molecule has 2 aliphatic rings. The zero-order valence-electron chi connectivity index (χ0n) is 19.4. The third kappa shape index (κ3) is 3.96. The predicted octanol–water partition coefficient (Wildman–Crippen LogP) is 5.83. The van der Waals surface area contributed by atoms with Crippen LogP contribution in [0.5, 0.6) is 0 Å². The molecule has 0 unspecified atom stereocenters. The Bertz CT molecular complexity index is 1410. The van der Waals surface area contributed by atoms with Crippen LogP contribution in [-0.2, 0) is 22.8 Å². The van der Waals surface area contributed by atoms with E-state index in [1.54, 1.807) is 34.0 Å². The molecule has 1 fully saturated rings. The van der Waals surface area contributed by atoms with Crippen LogP contribution in [0.4, 0.5) is 13.2 Å². The number of rotatable bonds is 4. The summed E-state index contributed by atoms with van der Waals surface area (Å²) in [6.45, 7) is 3.24. The number of ether oxygens (including phenoxy) is 1. The molecule has 2 aliphatic heterocycles. The van der Waals surface area contributed by atoms with Gasteiger partial charge in [-0.25, -0.2) is 14.1 Å². The van der Waals surface area contributed by atoms with Gasteiger partial charge in [-0.05, 0) is 38.0 Å². The molecule has 1 aromatic carbocycles. The van der Waals surface area contributed by atoms with Gasteiger partial charge in [0.2, 0.25) is 0 Å². The van der Waals surface area contributed by atoms with E-state index in [0.29, 0.717) is 53.1 Å². The van der Waals surface area contributed by atoms with E-state index in [4.69, 9.17) is 16.3 Å². The fraction of sp³-hybridized carbons (Fsp3) is 0.360. The van der Waals surface area contributed by atoms with Crippen LogP contribution in [0.2, 0.25) is 4.34 Å². The average Bonchev–Trinajstić information content (AvgIpc) is 3.59. The largest absolute Gasteiger partial charge is 0.363 e. The van der Waals surface area contributed by atoms with Crippen molar-refractivity contribution in [2.45, 2.75) is 37.8 Å². The quantitative estimate of drug-likeness (QED) is 0.331. The molecule has 4 aromatic rings. The van der Waals surface area contributed by atoms with Gasteiger partial charge in [-0.1, -0.05) is 17.7 Å². The first-order chi connectivity index (χ1) is 17.3. The molecule has 3 aromatic heterocycles. The van der Waals surface area contributed by atoms with Crippen molar-refractivity contribution in [3.05, 3.63) is 81.0 Å². The van der Waals surface area contributed by atoms with Crippen molar-refractivity contribution in [3.63, 3.8) is 0 Å². The van der Waals surface area contributed by atoms with E-state index < -0.39 is 18.1 Å². The highest BCUT2D eigenvalue weighted by atomic mass is 35.5. The van der Waals surface area contributed by atoms with Gasteiger partial charge in [-0.2, -0.15) is 13.9 Å². The Labute approximate surface area is 214 Å². The van der Waals surface area contributed by atoms with Crippen LogP contribution in [0.3, 0.4) is 0 Å². The smallest absolute Gasteiger partial charge is 0.297 e. The number of aromatic nitrogens is 4. The Morgan fingerprint density at radius 1 is 1.22 bits per heavy atom. The topological polar surface area (TPSA) is 48.1 Å². The summed E-state index contributed by atoms with van der Waals surface area (Å²) in [4.78, 5) is 6.88.